The summed E-state index contributed by atoms with van der Waals surface area (Å²) in [6.07, 6.45) is 1.06. The van der Waals surface area contributed by atoms with Gasteiger partial charge in [0, 0.05) is 6.20 Å². The number of sulfonamides is 1. The highest BCUT2D eigenvalue weighted by atomic mass is 32.2. The van der Waals surface area contributed by atoms with Crippen molar-refractivity contribution in [3.8, 4) is 0 Å². The molecule has 0 aliphatic rings. The van der Waals surface area contributed by atoms with E-state index in [-0.39, 0.29) is 18.7 Å². The number of nitrogens with zero attached hydrogens (tertiary/aromatic N) is 2. The van der Waals surface area contributed by atoms with Gasteiger partial charge in [-0.05, 0) is 6.92 Å². The van der Waals surface area contributed by atoms with Crippen molar-refractivity contribution >= 4 is 22.0 Å². The highest BCUT2D eigenvalue weighted by Crippen LogP contribution is 2.13. The first kappa shape index (κ1) is 15.1. The summed E-state index contributed by atoms with van der Waals surface area (Å²) in [7, 11) is -3.04. The Morgan fingerprint density at radius 3 is 2.58 bits per heavy atom. The van der Waals surface area contributed by atoms with Crippen LogP contribution in [-0.4, -0.2) is 43.9 Å². The van der Waals surface area contributed by atoms with Gasteiger partial charge in [-0.25, -0.2) is 18.4 Å². The minimum atomic E-state index is -4.20. The third-order valence-electron chi connectivity index (χ3n) is 2.01. The zero-order valence-corrected chi connectivity index (χ0v) is 11.1. The largest absolute Gasteiger partial charge is 0.468 e. The Bertz CT molecular complexity index is 591. The Kier molecular flexibility index (Phi) is 4.62. The summed E-state index contributed by atoms with van der Waals surface area (Å²) in [5.74, 6) is -1.54. The number of carbonyl (C=O) groups is 2. The number of rotatable bonds is 5. The van der Waals surface area contributed by atoms with E-state index >= 15 is 0 Å². The third kappa shape index (κ3) is 3.76. The molecule has 0 aliphatic heterocycles. The first-order valence-corrected chi connectivity index (χ1v) is 6.68. The molecule has 0 fully saturated rings. The van der Waals surface area contributed by atoms with E-state index in [1.807, 2.05) is 0 Å². The molecule has 0 spiro atoms. The molecular weight excluding hydrogens is 278 g/mol. The molecule has 1 aromatic rings. The lowest BCUT2D eigenvalue weighted by Crippen LogP contribution is -2.18. The van der Waals surface area contributed by atoms with Gasteiger partial charge in [0.25, 0.3) is 10.0 Å². The Balaban J connectivity index is 3.20. The molecule has 0 atom stereocenters. The Morgan fingerprint density at radius 1 is 1.47 bits per heavy atom. The van der Waals surface area contributed by atoms with Crippen molar-refractivity contribution in [1.29, 1.82) is 0 Å². The topological polar surface area (TPSA) is 131 Å². The van der Waals surface area contributed by atoms with Crippen molar-refractivity contribution < 1.29 is 27.5 Å². The lowest BCUT2D eigenvalue weighted by molar-refractivity contribution is -0.141. The second kappa shape index (κ2) is 5.80. The maximum absolute atomic E-state index is 11.6. The quantitative estimate of drug-likeness (QED) is 0.680. The molecule has 10 heteroatoms. The summed E-state index contributed by atoms with van der Waals surface area (Å²) in [6, 6.07) is 0. The molecule has 0 bridgehead atoms. The van der Waals surface area contributed by atoms with Gasteiger partial charge in [-0.2, -0.15) is 5.10 Å². The number of methoxy groups -OCH3 is 1. The van der Waals surface area contributed by atoms with E-state index in [1.165, 1.54) is 7.11 Å². The lowest BCUT2D eigenvalue weighted by Gasteiger charge is -1.99. The number of aromatic nitrogens is 2. The van der Waals surface area contributed by atoms with Crippen molar-refractivity contribution in [3.63, 3.8) is 0 Å². The van der Waals surface area contributed by atoms with Gasteiger partial charge in [0.1, 0.15) is 12.1 Å². The normalized spacial score (nSPS) is 11.1. The van der Waals surface area contributed by atoms with E-state index < -0.39 is 27.0 Å². The summed E-state index contributed by atoms with van der Waals surface area (Å²) in [6.45, 7) is 1.27. The predicted molar refractivity (Wildman–Crippen MR) is 61.6 cm³/mol. The van der Waals surface area contributed by atoms with E-state index in [0.717, 1.165) is 10.9 Å². The number of esters is 2. The minimum absolute atomic E-state index is 0.0606. The second-order valence-corrected chi connectivity index (χ2v) is 4.86. The SMILES string of the molecule is CCOC(=O)c1cn(CC(=O)OC)nc1S(N)(=O)=O. The fourth-order valence-electron chi connectivity index (χ4n) is 1.24. The second-order valence-electron chi connectivity index (χ2n) is 3.39. The number of nitrogens with two attached hydrogens (primary N) is 1. The molecule has 0 aliphatic carbocycles. The summed E-state index contributed by atoms with van der Waals surface area (Å²) in [5.41, 5.74) is -0.326. The monoisotopic (exact) mass is 291 g/mol. The molecule has 0 saturated carbocycles. The number of hydrogen-bond donors (Lipinski definition) is 1. The van der Waals surface area contributed by atoms with Gasteiger partial charge in [-0.15, -0.1) is 0 Å². The summed E-state index contributed by atoms with van der Waals surface area (Å²) in [5, 5.41) is 7.87. The average Bonchev–Trinajstić information content (AvgIpc) is 2.73. The van der Waals surface area contributed by atoms with E-state index in [0.29, 0.717) is 0 Å². The zero-order chi connectivity index (χ0) is 14.6. The predicted octanol–water partition coefficient (Wildman–Crippen LogP) is -1.12. The molecule has 0 radical (unpaired) electrons. The fourth-order valence-corrected chi connectivity index (χ4v) is 1.90. The van der Waals surface area contributed by atoms with Crippen LogP contribution in [0.15, 0.2) is 11.2 Å². The minimum Gasteiger partial charge on any atom is -0.468 e. The van der Waals surface area contributed by atoms with Crippen LogP contribution in [0, 0.1) is 0 Å². The maximum Gasteiger partial charge on any atom is 0.342 e. The van der Waals surface area contributed by atoms with Crippen LogP contribution < -0.4 is 5.14 Å². The van der Waals surface area contributed by atoms with Crippen molar-refractivity contribution in [2.75, 3.05) is 13.7 Å². The molecule has 0 unspecified atom stereocenters. The standard InChI is InChI=1S/C9H13N3O6S/c1-3-18-9(14)6-4-12(5-7(13)17-2)11-8(6)19(10,15)16/h4H,3,5H2,1-2H3,(H2,10,15,16). The average molecular weight is 291 g/mol. The molecule has 0 amide bonds. The smallest absolute Gasteiger partial charge is 0.342 e. The zero-order valence-electron chi connectivity index (χ0n) is 10.3. The van der Waals surface area contributed by atoms with E-state index in [9.17, 15) is 18.0 Å². The first-order chi connectivity index (χ1) is 8.79. The van der Waals surface area contributed by atoms with E-state index in [4.69, 9.17) is 5.14 Å². The van der Waals surface area contributed by atoms with Crippen molar-refractivity contribution in [2.24, 2.45) is 5.14 Å². The molecule has 1 heterocycles. The first-order valence-electron chi connectivity index (χ1n) is 5.13. The maximum atomic E-state index is 11.6. The van der Waals surface area contributed by atoms with Gasteiger partial charge < -0.3 is 9.47 Å². The van der Waals surface area contributed by atoms with Crippen LogP contribution in [0.5, 0.6) is 0 Å². The highest BCUT2D eigenvalue weighted by Gasteiger charge is 2.25. The van der Waals surface area contributed by atoms with Crippen molar-refractivity contribution in [1.82, 2.24) is 9.78 Å². The van der Waals surface area contributed by atoms with Gasteiger partial charge in [-0.1, -0.05) is 0 Å². The molecule has 1 rings (SSSR count). The van der Waals surface area contributed by atoms with E-state index in [2.05, 4.69) is 14.6 Å². The summed E-state index contributed by atoms with van der Waals surface area (Å²) >= 11 is 0. The molecule has 0 aromatic carbocycles. The number of hydrogen-bond acceptors (Lipinski definition) is 7. The Hall–Kier alpha value is -1.94. The van der Waals surface area contributed by atoms with Crippen LogP contribution >= 0.6 is 0 Å². The molecule has 19 heavy (non-hydrogen) atoms. The van der Waals surface area contributed by atoms with Crippen molar-refractivity contribution in [3.05, 3.63) is 11.8 Å². The van der Waals surface area contributed by atoms with Gasteiger partial charge in [-0.3, -0.25) is 9.48 Å². The molecular formula is C9H13N3O6S. The van der Waals surface area contributed by atoms with E-state index in [1.54, 1.807) is 6.92 Å². The lowest BCUT2D eigenvalue weighted by atomic mass is 10.4. The molecule has 9 nitrogen and oxygen atoms in total. The fraction of sp³-hybridized carbons (Fsp3) is 0.444. The highest BCUT2D eigenvalue weighted by molar-refractivity contribution is 7.89. The summed E-state index contributed by atoms with van der Waals surface area (Å²) in [4.78, 5) is 22.6. The number of ether oxygens (including phenoxy) is 2. The van der Waals surface area contributed by atoms with Crippen LogP contribution in [0.25, 0.3) is 0 Å². The molecule has 106 valence electrons. The molecule has 0 saturated heterocycles. The van der Waals surface area contributed by atoms with Gasteiger partial charge >= 0.3 is 11.9 Å². The van der Waals surface area contributed by atoms with Gasteiger partial charge in [0.05, 0.1) is 13.7 Å². The summed E-state index contributed by atoms with van der Waals surface area (Å²) < 4.78 is 32.6. The molecule has 1 aromatic heterocycles. The van der Waals surface area contributed by atoms with Crippen LogP contribution in [0.3, 0.4) is 0 Å². The van der Waals surface area contributed by atoms with Crippen LogP contribution in [0.2, 0.25) is 0 Å². The van der Waals surface area contributed by atoms with Crippen LogP contribution in [0.4, 0.5) is 0 Å². The number of primary sulfonamides is 1. The van der Waals surface area contributed by atoms with Gasteiger partial charge in [0.2, 0.25) is 5.03 Å². The van der Waals surface area contributed by atoms with Gasteiger partial charge in [0.15, 0.2) is 0 Å². The number of carbonyl (C=O) groups excluding carboxylic acids is 2. The van der Waals surface area contributed by atoms with Crippen LogP contribution in [-0.2, 0) is 30.8 Å². The van der Waals surface area contributed by atoms with Crippen LogP contribution in [0.1, 0.15) is 17.3 Å². The Labute approximate surface area is 109 Å². The third-order valence-corrected chi connectivity index (χ3v) is 2.85. The van der Waals surface area contributed by atoms with Crippen molar-refractivity contribution in [2.45, 2.75) is 18.5 Å². The molecule has 2 N–H and O–H groups in total. The Morgan fingerprint density at radius 2 is 2.11 bits per heavy atom.